The van der Waals surface area contributed by atoms with Gasteiger partial charge in [0.05, 0.1) is 0 Å². The standard InChI is InChI=1S/C11H15NO5/c1-6(13)14-5-7-8-9(10(12-4)15-7)17-11(2,3)16-8/h7-10H,5H2,1-3H3/t7-,8-,9-,10+/m1/s1. The Morgan fingerprint density at radius 2 is 2.06 bits per heavy atom. The summed E-state index contributed by atoms with van der Waals surface area (Å²) in [6.45, 7) is 12.0. The second kappa shape index (κ2) is 4.26. The van der Waals surface area contributed by atoms with Crippen LogP contribution in [0.2, 0.25) is 0 Å². The Hall–Kier alpha value is -1.16. The van der Waals surface area contributed by atoms with Crippen LogP contribution in [0, 0.1) is 6.57 Å². The van der Waals surface area contributed by atoms with Crippen molar-refractivity contribution in [1.29, 1.82) is 0 Å². The first kappa shape index (κ1) is 12.3. The summed E-state index contributed by atoms with van der Waals surface area (Å²) in [4.78, 5) is 14.1. The van der Waals surface area contributed by atoms with E-state index in [2.05, 4.69) is 4.85 Å². The van der Waals surface area contributed by atoms with E-state index in [4.69, 9.17) is 25.5 Å². The van der Waals surface area contributed by atoms with Gasteiger partial charge in [0.15, 0.2) is 11.9 Å². The fourth-order valence-corrected chi connectivity index (χ4v) is 2.10. The first-order chi connectivity index (χ1) is 7.93. The summed E-state index contributed by atoms with van der Waals surface area (Å²) in [5, 5.41) is 0. The molecule has 2 heterocycles. The van der Waals surface area contributed by atoms with Crippen molar-refractivity contribution in [2.24, 2.45) is 0 Å². The molecule has 17 heavy (non-hydrogen) atoms. The molecule has 4 atom stereocenters. The van der Waals surface area contributed by atoms with Gasteiger partial charge in [0, 0.05) is 6.92 Å². The second-order valence-corrected chi connectivity index (χ2v) is 4.56. The molecule has 2 fully saturated rings. The van der Waals surface area contributed by atoms with E-state index >= 15 is 0 Å². The number of esters is 1. The minimum absolute atomic E-state index is 0.0853. The Morgan fingerprint density at radius 3 is 2.65 bits per heavy atom. The lowest BCUT2D eigenvalue weighted by Gasteiger charge is -2.21. The van der Waals surface area contributed by atoms with E-state index < -0.39 is 24.2 Å². The smallest absolute Gasteiger partial charge is 0.357 e. The third-order valence-electron chi connectivity index (χ3n) is 2.70. The monoisotopic (exact) mass is 241 g/mol. The molecular formula is C11H15NO5. The van der Waals surface area contributed by atoms with Crippen LogP contribution in [0.3, 0.4) is 0 Å². The molecule has 6 heteroatoms. The lowest BCUT2D eigenvalue weighted by molar-refractivity contribution is -0.188. The number of fused-ring (bicyclic) bond motifs is 1. The molecule has 6 nitrogen and oxygen atoms in total. The van der Waals surface area contributed by atoms with Crippen molar-refractivity contribution in [1.82, 2.24) is 0 Å². The van der Waals surface area contributed by atoms with E-state index in [-0.39, 0.29) is 18.7 Å². The summed E-state index contributed by atoms with van der Waals surface area (Å²) in [6.07, 6.45) is -1.90. The summed E-state index contributed by atoms with van der Waals surface area (Å²) < 4.78 is 21.6. The predicted octanol–water partition coefficient (Wildman–Crippen LogP) is 0.714. The van der Waals surface area contributed by atoms with Crippen LogP contribution in [0.4, 0.5) is 0 Å². The second-order valence-electron chi connectivity index (χ2n) is 4.56. The maximum Gasteiger partial charge on any atom is 0.357 e. The zero-order valence-electron chi connectivity index (χ0n) is 10.0. The maximum absolute atomic E-state index is 10.8. The molecule has 0 spiro atoms. The molecule has 0 aromatic heterocycles. The van der Waals surface area contributed by atoms with Gasteiger partial charge in [0.2, 0.25) is 0 Å². The molecule has 0 aliphatic carbocycles. The highest BCUT2D eigenvalue weighted by molar-refractivity contribution is 5.65. The normalized spacial score (nSPS) is 38.5. The van der Waals surface area contributed by atoms with Crippen LogP contribution in [0.15, 0.2) is 0 Å². The molecule has 0 aromatic rings. The van der Waals surface area contributed by atoms with Gasteiger partial charge in [-0.2, -0.15) is 0 Å². The number of hydrogen-bond donors (Lipinski definition) is 0. The molecule has 2 saturated heterocycles. The summed E-state index contributed by atoms with van der Waals surface area (Å²) in [7, 11) is 0. The van der Waals surface area contributed by atoms with E-state index in [9.17, 15) is 4.79 Å². The van der Waals surface area contributed by atoms with Gasteiger partial charge in [0.25, 0.3) is 0 Å². The van der Waals surface area contributed by atoms with E-state index in [1.165, 1.54) is 6.92 Å². The van der Waals surface area contributed by atoms with Gasteiger partial charge in [0.1, 0.15) is 18.8 Å². The maximum atomic E-state index is 10.8. The van der Waals surface area contributed by atoms with Crippen molar-refractivity contribution in [2.75, 3.05) is 6.61 Å². The first-order valence-electron chi connectivity index (χ1n) is 5.44. The van der Waals surface area contributed by atoms with Gasteiger partial charge in [-0.15, -0.1) is 0 Å². The minimum Gasteiger partial charge on any atom is -0.463 e. The van der Waals surface area contributed by atoms with Crippen molar-refractivity contribution < 1.29 is 23.7 Å². The van der Waals surface area contributed by atoms with Crippen molar-refractivity contribution >= 4 is 5.97 Å². The predicted molar refractivity (Wildman–Crippen MR) is 55.7 cm³/mol. The van der Waals surface area contributed by atoms with Crippen LogP contribution in [0.25, 0.3) is 4.85 Å². The Bertz CT molecular complexity index is 361. The molecule has 0 aromatic carbocycles. The topological polar surface area (TPSA) is 58.4 Å². The summed E-state index contributed by atoms with van der Waals surface area (Å²) in [6, 6.07) is 0. The van der Waals surface area contributed by atoms with Crippen molar-refractivity contribution in [2.45, 2.75) is 51.1 Å². The fraction of sp³-hybridized carbons (Fsp3) is 0.818. The van der Waals surface area contributed by atoms with Gasteiger partial charge in [-0.25, -0.2) is 6.57 Å². The number of ether oxygens (including phenoxy) is 4. The highest BCUT2D eigenvalue weighted by Crippen LogP contribution is 2.39. The van der Waals surface area contributed by atoms with Crippen LogP contribution >= 0.6 is 0 Å². The SMILES string of the molecule is [C-]#[N+][C@H]1O[C@H](COC(C)=O)[C@H]2OC(C)(C)O[C@H]21. The van der Waals surface area contributed by atoms with Crippen molar-refractivity contribution in [3.8, 4) is 0 Å². The summed E-state index contributed by atoms with van der Waals surface area (Å²) in [5.74, 6) is -1.11. The average Bonchev–Trinajstić information content (AvgIpc) is 2.68. The van der Waals surface area contributed by atoms with E-state index in [1.54, 1.807) is 13.8 Å². The number of carbonyl (C=O) groups is 1. The van der Waals surface area contributed by atoms with Gasteiger partial charge >= 0.3 is 12.2 Å². The molecule has 94 valence electrons. The first-order valence-corrected chi connectivity index (χ1v) is 5.44. The molecule has 2 aliphatic rings. The van der Waals surface area contributed by atoms with Gasteiger partial charge in [-0.05, 0) is 13.8 Å². The lowest BCUT2D eigenvalue weighted by Crippen LogP contribution is -2.33. The molecule has 2 rings (SSSR count). The van der Waals surface area contributed by atoms with E-state index in [1.807, 2.05) is 0 Å². The third kappa shape index (κ3) is 2.41. The van der Waals surface area contributed by atoms with Gasteiger partial charge < -0.3 is 14.2 Å². The quantitative estimate of drug-likeness (QED) is 0.526. The zero-order chi connectivity index (χ0) is 12.6. The third-order valence-corrected chi connectivity index (χ3v) is 2.70. The molecule has 0 radical (unpaired) electrons. The van der Waals surface area contributed by atoms with Gasteiger partial charge in [-0.1, -0.05) is 0 Å². The summed E-state index contributed by atoms with van der Waals surface area (Å²) in [5.41, 5.74) is 0. The Morgan fingerprint density at radius 1 is 1.41 bits per heavy atom. The van der Waals surface area contributed by atoms with Crippen LogP contribution < -0.4 is 0 Å². The Balaban J connectivity index is 2.05. The largest absolute Gasteiger partial charge is 0.463 e. The number of nitrogens with zero attached hydrogens (tertiary/aromatic N) is 1. The van der Waals surface area contributed by atoms with Crippen LogP contribution in [0.1, 0.15) is 20.8 Å². The Kier molecular flexibility index (Phi) is 3.08. The Labute approximate surface area is 99.6 Å². The van der Waals surface area contributed by atoms with E-state index in [0.717, 1.165) is 0 Å². The molecular weight excluding hydrogens is 226 g/mol. The average molecular weight is 241 g/mol. The number of hydrogen-bond acceptors (Lipinski definition) is 5. The highest BCUT2D eigenvalue weighted by atomic mass is 16.8. The molecule has 0 saturated carbocycles. The molecule has 0 N–H and O–H groups in total. The minimum atomic E-state index is -0.726. The zero-order valence-corrected chi connectivity index (χ0v) is 10.0. The number of carbonyl (C=O) groups excluding carboxylic acids is 1. The van der Waals surface area contributed by atoms with Crippen molar-refractivity contribution in [3.05, 3.63) is 11.4 Å². The lowest BCUT2D eigenvalue weighted by atomic mass is 10.1. The molecule has 0 unspecified atom stereocenters. The van der Waals surface area contributed by atoms with E-state index in [0.29, 0.717) is 0 Å². The molecule has 0 amide bonds. The van der Waals surface area contributed by atoms with Crippen LogP contribution in [-0.4, -0.2) is 42.9 Å². The fourth-order valence-electron chi connectivity index (χ4n) is 2.10. The molecule has 2 aliphatic heterocycles. The van der Waals surface area contributed by atoms with Crippen LogP contribution in [-0.2, 0) is 23.7 Å². The van der Waals surface area contributed by atoms with Crippen LogP contribution in [0.5, 0.6) is 0 Å². The summed E-state index contributed by atoms with van der Waals surface area (Å²) >= 11 is 0. The highest BCUT2D eigenvalue weighted by Gasteiger charge is 2.58. The van der Waals surface area contributed by atoms with Gasteiger partial charge in [-0.3, -0.25) is 14.4 Å². The van der Waals surface area contributed by atoms with Crippen molar-refractivity contribution in [3.63, 3.8) is 0 Å². The molecule has 0 bridgehead atoms. The number of rotatable bonds is 2.